The van der Waals surface area contributed by atoms with E-state index >= 15 is 0 Å². The Hall–Kier alpha value is -1.84. The lowest BCUT2D eigenvalue weighted by atomic mass is 10.1. The second kappa shape index (κ2) is 4.79. The SMILES string of the molecule is CCCc1ccc(-c2nnc(C)nn2)cc1. The van der Waals surface area contributed by atoms with Crippen LogP contribution in [0.5, 0.6) is 0 Å². The van der Waals surface area contributed by atoms with Crippen LogP contribution in [-0.4, -0.2) is 20.4 Å². The average Bonchev–Trinajstić information content (AvgIpc) is 2.32. The molecule has 1 aromatic carbocycles. The van der Waals surface area contributed by atoms with Gasteiger partial charge in [-0.05, 0) is 18.9 Å². The molecule has 82 valence electrons. The number of hydrogen-bond acceptors (Lipinski definition) is 4. The molecule has 1 heterocycles. The van der Waals surface area contributed by atoms with Crippen molar-refractivity contribution in [1.29, 1.82) is 0 Å². The van der Waals surface area contributed by atoms with Gasteiger partial charge < -0.3 is 0 Å². The fraction of sp³-hybridized carbons (Fsp3) is 0.333. The van der Waals surface area contributed by atoms with E-state index in [1.165, 1.54) is 5.56 Å². The third-order valence-electron chi connectivity index (χ3n) is 2.33. The molecular formula is C12H14N4. The number of aryl methyl sites for hydroxylation is 2. The summed E-state index contributed by atoms with van der Waals surface area (Å²) in [5.74, 6) is 1.17. The van der Waals surface area contributed by atoms with Gasteiger partial charge in [-0.1, -0.05) is 37.6 Å². The van der Waals surface area contributed by atoms with Gasteiger partial charge >= 0.3 is 0 Å². The Balaban J connectivity index is 2.24. The molecule has 4 nitrogen and oxygen atoms in total. The minimum Gasteiger partial charge on any atom is -0.131 e. The maximum atomic E-state index is 4.00. The van der Waals surface area contributed by atoms with Gasteiger partial charge in [0.1, 0.15) is 0 Å². The van der Waals surface area contributed by atoms with E-state index in [0.717, 1.165) is 18.4 Å². The van der Waals surface area contributed by atoms with Gasteiger partial charge in [-0.25, -0.2) is 0 Å². The molecule has 0 N–H and O–H groups in total. The highest BCUT2D eigenvalue weighted by Gasteiger charge is 2.02. The monoisotopic (exact) mass is 214 g/mol. The van der Waals surface area contributed by atoms with Crippen LogP contribution < -0.4 is 0 Å². The van der Waals surface area contributed by atoms with Gasteiger partial charge in [0.05, 0.1) is 0 Å². The molecule has 0 spiro atoms. The average molecular weight is 214 g/mol. The van der Waals surface area contributed by atoms with Crippen molar-refractivity contribution in [2.24, 2.45) is 0 Å². The Morgan fingerprint density at radius 1 is 0.938 bits per heavy atom. The van der Waals surface area contributed by atoms with Crippen molar-refractivity contribution in [2.45, 2.75) is 26.7 Å². The summed E-state index contributed by atoms with van der Waals surface area (Å²) in [7, 11) is 0. The first-order chi connectivity index (χ1) is 7.79. The molecule has 0 unspecified atom stereocenters. The third-order valence-corrected chi connectivity index (χ3v) is 2.33. The summed E-state index contributed by atoms with van der Waals surface area (Å²) in [6.45, 7) is 3.94. The van der Waals surface area contributed by atoms with Crippen LogP contribution in [-0.2, 0) is 6.42 Å². The van der Waals surface area contributed by atoms with Gasteiger partial charge in [0.15, 0.2) is 5.82 Å². The van der Waals surface area contributed by atoms with Crippen molar-refractivity contribution >= 4 is 0 Å². The quantitative estimate of drug-likeness (QED) is 0.786. The molecule has 0 aliphatic carbocycles. The van der Waals surface area contributed by atoms with Gasteiger partial charge in [-0.3, -0.25) is 0 Å². The summed E-state index contributed by atoms with van der Waals surface area (Å²) in [5, 5.41) is 15.8. The predicted molar refractivity (Wildman–Crippen MR) is 61.8 cm³/mol. The van der Waals surface area contributed by atoms with Crippen LogP contribution in [0, 0.1) is 6.92 Å². The Kier molecular flexibility index (Phi) is 3.19. The number of hydrogen-bond donors (Lipinski definition) is 0. The Morgan fingerprint density at radius 2 is 1.56 bits per heavy atom. The number of rotatable bonds is 3. The largest absolute Gasteiger partial charge is 0.203 e. The number of benzene rings is 1. The maximum Gasteiger partial charge on any atom is 0.203 e. The van der Waals surface area contributed by atoms with E-state index < -0.39 is 0 Å². The molecule has 0 saturated heterocycles. The second-order valence-corrected chi connectivity index (χ2v) is 3.72. The first-order valence-electron chi connectivity index (χ1n) is 5.43. The Labute approximate surface area is 94.8 Å². The normalized spacial score (nSPS) is 10.4. The number of nitrogens with zero attached hydrogens (tertiary/aromatic N) is 4. The molecule has 0 amide bonds. The molecule has 0 saturated carbocycles. The summed E-state index contributed by atoms with van der Waals surface area (Å²) in [6.07, 6.45) is 2.26. The van der Waals surface area contributed by atoms with Crippen molar-refractivity contribution in [3.63, 3.8) is 0 Å². The molecule has 4 heteroatoms. The van der Waals surface area contributed by atoms with Crippen molar-refractivity contribution in [1.82, 2.24) is 20.4 Å². The highest BCUT2D eigenvalue weighted by molar-refractivity contribution is 5.54. The molecule has 16 heavy (non-hydrogen) atoms. The molecular weight excluding hydrogens is 200 g/mol. The summed E-state index contributed by atoms with van der Waals surface area (Å²) in [6, 6.07) is 8.22. The van der Waals surface area contributed by atoms with Crippen LogP contribution in [0.4, 0.5) is 0 Å². The highest BCUT2D eigenvalue weighted by Crippen LogP contribution is 2.14. The van der Waals surface area contributed by atoms with Gasteiger partial charge in [0, 0.05) is 5.56 Å². The molecule has 0 radical (unpaired) electrons. The van der Waals surface area contributed by atoms with E-state index in [2.05, 4.69) is 39.5 Å². The van der Waals surface area contributed by atoms with Crippen LogP contribution in [0.2, 0.25) is 0 Å². The van der Waals surface area contributed by atoms with Gasteiger partial charge in [0.2, 0.25) is 5.82 Å². The van der Waals surface area contributed by atoms with Crippen LogP contribution >= 0.6 is 0 Å². The number of aromatic nitrogens is 4. The fourth-order valence-corrected chi connectivity index (χ4v) is 1.50. The van der Waals surface area contributed by atoms with Crippen molar-refractivity contribution in [3.8, 4) is 11.4 Å². The van der Waals surface area contributed by atoms with Gasteiger partial charge in [-0.2, -0.15) is 0 Å². The topological polar surface area (TPSA) is 51.6 Å². The first kappa shape index (κ1) is 10.7. The zero-order valence-electron chi connectivity index (χ0n) is 9.51. The Morgan fingerprint density at radius 3 is 2.12 bits per heavy atom. The summed E-state index contributed by atoms with van der Waals surface area (Å²) in [4.78, 5) is 0. The van der Waals surface area contributed by atoms with Crippen LogP contribution in [0.15, 0.2) is 24.3 Å². The summed E-state index contributed by atoms with van der Waals surface area (Å²) >= 11 is 0. The zero-order chi connectivity index (χ0) is 11.4. The maximum absolute atomic E-state index is 4.00. The van der Waals surface area contributed by atoms with Crippen molar-refractivity contribution in [2.75, 3.05) is 0 Å². The minimum absolute atomic E-state index is 0.577. The third kappa shape index (κ3) is 2.39. The molecule has 2 rings (SSSR count). The molecule has 0 aliphatic rings. The molecule has 0 fully saturated rings. The first-order valence-corrected chi connectivity index (χ1v) is 5.43. The van der Waals surface area contributed by atoms with E-state index in [1.807, 2.05) is 12.1 Å². The van der Waals surface area contributed by atoms with E-state index in [9.17, 15) is 0 Å². The summed E-state index contributed by atoms with van der Waals surface area (Å²) < 4.78 is 0. The smallest absolute Gasteiger partial charge is 0.131 e. The van der Waals surface area contributed by atoms with Gasteiger partial charge in [-0.15, -0.1) is 20.4 Å². The van der Waals surface area contributed by atoms with Crippen LogP contribution in [0.1, 0.15) is 24.7 Å². The molecule has 0 atom stereocenters. The predicted octanol–water partition coefficient (Wildman–Crippen LogP) is 2.19. The van der Waals surface area contributed by atoms with Gasteiger partial charge in [0.25, 0.3) is 0 Å². The van der Waals surface area contributed by atoms with E-state index in [-0.39, 0.29) is 0 Å². The van der Waals surface area contributed by atoms with E-state index in [0.29, 0.717) is 11.6 Å². The fourth-order valence-electron chi connectivity index (χ4n) is 1.50. The highest BCUT2D eigenvalue weighted by atomic mass is 15.3. The van der Waals surface area contributed by atoms with E-state index in [1.54, 1.807) is 6.92 Å². The van der Waals surface area contributed by atoms with E-state index in [4.69, 9.17) is 0 Å². The van der Waals surface area contributed by atoms with Crippen molar-refractivity contribution in [3.05, 3.63) is 35.7 Å². The van der Waals surface area contributed by atoms with Crippen LogP contribution in [0.25, 0.3) is 11.4 Å². The molecule has 1 aromatic heterocycles. The molecule has 0 aliphatic heterocycles. The van der Waals surface area contributed by atoms with Crippen LogP contribution in [0.3, 0.4) is 0 Å². The lowest BCUT2D eigenvalue weighted by molar-refractivity contribution is 0.816. The van der Waals surface area contributed by atoms with Crippen molar-refractivity contribution < 1.29 is 0 Å². The zero-order valence-corrected chi connectivity index (χ0v) is 9.51. The Bertz CT molecular complexity index is 447. The second-order valence-electron chi connectivity index (χ2n) is 3.72. The molecule has 2 aromatic rings. The lowest BCUT2D eigenvalue weighted by Gasteiger charge is -2.01. The summed E-state index contributed by atoms with van der Waals surface area (Å²) in [5.41, 5.74) is 2.29. The minimum atomic E-state index is 0.577. The molecule has 0 bridgehead atoms. The lowest BCUT2D eigenvalue weighted by Crippen LogP contribution is -1.98. The standard InChI is InChI=1S/C12H14N4/c1-3-4-10-5-7-11(8-6-10)12-15-13-9(2)14-16-12/h5-8H,3-4H2,1-2H3.